The second kappa shape index (κ2) is 6.22. The Labute approximate surface area is 152 Å². The molecule has 0 radical (unpaired) electrons. The number of fused-ring (bicyclic) bond motifs is 2. The van der Waals surface area contributed by atoms with E-state index in [-0.39, 0.29) is 33.2 Å². The van der Waals surface area contributed by atoms with Crippen molar-refractivity contribution in [3.8, 4) is 5.75 Å². The number of carbonyl (C=O) groups is 1. The van der Waals surface area contributed by atoms with Gasteiger partial charge in [-0.3, -0.25) is 9.89 Å². The van der Waals surface area contributed by atoms with Gasteiger partial charge in [-0.15, -0.1) is 13.2 Å². The molecular weight excluding hydrogens is 387 g/mol. The van der Waals surface area contributed by atoms with Crippen molar-refractivity contribution in [1.82, 2.24) is 15.2 Å². The Bertz CT molecular complexity index is 1210. The summed E-state index contributed by atoms with van der Waals surface area (Å²) in [5, 5.41) is 9.26. The summed E-state index contributed by atoms with van der Waals surface area (Å²) in [7, 11) is 0. The Morgan fingerprint density at radius 1 is 1.04 bits per heavy atom. The number of halogens is 5. The molecule has 0 unspecified atom stereocenters. The van der Waals surface area contributed by atoms with Crippen LogP contribution in [-0.2, 0) is 0 Å². The number of nitrogens with zero attached hydrogens (tertiary/aromatic N) is 1. The minimum atomic E-state index is -4.85. The van der Waals surface area contributed by atoms with E-state index < -0.39 is 29.7 Å². The number of amides is 1. The van der Waals surface area contributed by atoms with Crippen LogP contribution in [0.5, 0.6) is 5.75 Å². The lowest BCUT2D eigenvalue weighted by molar-refractivity contribution is -0.274. The number of benzene rings is 2. The van der Waals surface area contributed by atoms with E-state index in [9.17, 15) is 26.7 Å². The zero-order chi connectivity index (χ0) is 20.1. The predicted octanol–water partition coefficient (Wildman–Crippen LogP) is 4.47. The Kier molecular flexibility index (Phi) is 3.95. The molecule has 0 aliphatic rings. The zero-order valence-electron chi connectivity index (χ0n) is 13.6. The molecular formula is C17H9F5N4O2. The van der Waals surface area contributed by atoms with Gasteiger partial charge in [-0.1, -0.05) is 0 Å². The molecule has 0 aliphatic carbocycles. The molecule has 1 amide bonds. The Hall–Kier alpha value is -3.63. The Morgan fingerprint density at radius 3 is 2.54 bits per heavy atom. The van der Waals surface area contributed by atoms with Gasteiger partial charge in [-0.25, -0.2) is 8.78 Å². The number of carbonyl (C=O) groups excluding carboxylic acids is 1. The Morgan fingerprint density at radius 2 is 1.79 bits per heavy atom. The number of anilines is 1. The first-order valence-corrected chi connectivity index (χ1v) is 7.72. The first-order chi connectivity index (χ1) is 13.2. The highest BCUT2D eigenvalue weighted by atomic mass is 19.4. The van der Waals surface area contributed by atoms with E-state index >= 15 is 0 Å². The van der Waals surface area contributed by atoms with Crippen molar-refractivity contribution >= 4 is 33.4 Å². The van der Waals surface area contributed by atoms with Crippen molar-refractivity contribution < 1.29 is 31.5 Å². The van der Waals surface area contributed by atoms with Crippen molar-refractivity contribution in [3.63, 3.8) is 0 Å². The summed E-state index contributed by atoms with van der Waals surface area (Å²) in [4.78, 5) is 15.2. The van der Waals surface area contributed by atoms with Gasteiger partial charge >= 0.3 is 6.36 Å². The molecule has 4 aromatic rings. The average Bonchev–Trinajstić information content (AvgIpc) is 3.18. The fourth-order valence-electron chi connectivity index (χ4n) is 2.77. The molecule has 11 heteroatoms. The normalized spacial score (nSPS) is 11.9. The largest absolute Gasteiger partial charge is 0.573 e. The molecule has 2 aromatic heterocycles. The maximum Gasteiger partial charge on any atom is 0.573 e. The first-order valence-electron chi connectivity index (χ1n) is 7.72. The molecule has 28 heavy (non-hydrogen) atoms. The standard InChI is InChI=1S/C17H9F5N4O2/c18-10-4-9-12(5-11(10)19)23-6-14(9)24-16(27)15-8-2-1-7(28-17(20,21)22)3-13(8)25-26-15/h1-6,23H,(H,24,27)(H,25,26). The molecule has 0 saturated carbocycles. The van der Waals surface area contributed by atoms with Gasteiger partial charge in [0.05, 0.1) is 16.7 Å². The third-order valence-corrected chi connectivity index (χ3v) is 3.95. The average molecular weight is 396 g/mol. The van der Waals surface area contributed by atoms with Gasteiger partial charge in [-0.05, 0) is 18.2 Å². The van der Waals surface area contributed by atoms with Crippen LogP contribution in [0.15, 0.2) is 36.5 Å². The minimum Gasteiger partial charge on any atom is -0.406 e. The number of aromatic nitrogens is 3. The molecule has 6 nitrogen and oxygen atoms in total. The van der Waals surface area contributed by atoms with Crippen LogP contribution in [-0.4, -0.2) is 27.5 Å². The molecule has 0 atom stereocenters. The van der Waals surface area contributed by atoms with Crippen LogP contribution in [0.25, 0.3) is 21.8 Å². The van der Waals surface area contributed by atoms with Gasteiger partial charge in [0.1, 0.15) is 5.75 Å². The summed E-state index contributed by atoms with van der Waals surface area (Å²) < 4.78 is 67.5. The Balaban J connectivity index is 1.63. The molecule has 3 N–H and O–H groups in total. The lowest BCUT2D eigenvalue weighted by Gasteiger charge is -2.08. The summed E-state index contributed by atoms with van der Waals surface area (Å²) in [6.45, 7) is 0. The van der Waals surface area contributed by atoms with Crippen LogP contribution in [0.2, 0.25) is 0 Å². The smallest absolute Gasteiger partial charge is 0.406 e. The quantitative estimate of drug-likeness (QED) is 0.447. The number of nitrogens with one attached hydrogen (secondary N) is 3. The predicted molar refractivity (Wildman–Crippen MR) is 88.9 cm³/mol. The second-order valence-electron chi connectivity index (χ2n) is 5.80. The number of rotatable bonds is 3. The van der Waals surface area contributed by atoms with Crippen LogP contribution in [0.4, 0.5) is 27.6 Å². The molecule has 144 valence electrons. The van der Waals surface area contributed by atoms with Gasteiger partial charge in [0.15, 0.2) is 17.3 Å². The topological polar surface area (TPSA) is 82.8 Å². The fourth-order valence-corrected chi connectivity index (χ4v) is 2.77. The molecule has 0 aliphatic heterocycles. The van der Waals surface area contributed by atoms with E-state index in [1.165, 1.54) is 12.3 Å². The van der Waals surface area contributed by atoms with Gasteiger partial charge in [0.25, 0.3) is 5.91 Å². The van der Waals surface area contributed by atoms with Crippen LogP contribution < -0.4 is 10.1 Å². The second-order valence-corrected chi connectivity index (χ2v) is 5.80. The van der Waals surface area contributed by atoms with Crippen molar-refractivity contribution in [3.05, 3.63) is 53.9 Å². The van der Waals surface area contributed by atoms with Crippen molar-refractivity contribution in [2.24, 2.45) is 0 Å². The third kappa shape index (κ3) is 3.21. The summed E-state index contributed by atoms with van der Waals surface area (Å²) in [6, 6.07) is 5.23. The van der Waals surface area contributed by atoms with Crippen molar-refractivity contribution in [2.45, 2.75) is 6.36 Å². The van der Waals surface area contributed by atoms with Gasteiger partial charge in [0, 0.05) is 29.1 Å². The van der Waals surface area contributed by atoms with Crippen molar-refractivity contribution in [2.75, 3.05) is 5.32 Å². The van der Waals surface area contributed by atoms with Crippen molar-refractivity contribution in [1.29, 1.82) is 0 Å². The van der Waals surface area contributed by atoms with E-state index in [1.807, 2.05) is 0 Å². The SMILES string of the molecule is O=C(Nc1c[nH]c2cc(F)c(F)cc12)c1n[nH]c2cc(OC(F)(F)F)ccc12. The summed E-state index contributed by atoms with van der Waals surface area (Å²) in [6.07, 6.45) is -3.50. The highest BCUT2D eigenvalue weighted by molar-refractivity contribution is 6.13. The van der Waals surface area contributed by atoms with Gasteiger partial charge in [0.2, 0.25) is 0 Å². The minimum absolute atomic E-state index is 0.0921. The van der Waals surface area contributed by atoms with E-state index in [1.54, 1.807) is 0 Å². The molecule has 4 rings (SSSR count). The maximum absolute atomic E-state index is 13.5. The molecule has 0 spiro atoms. The fraction of sp³-hybridized carbons (Fsp3) is 0.0588. The third-order valence-electron chi connectivity index (χ3n) is 3.95. The molecule has 2 heterocycles. The van der Waals surface area contributed by atoms with Crippen LogP contribution in [0.3, 0.4) is 0 Å². The summed E-state index contributed by atoms with van der Waals surface area (Å²) >= 11 is 0. The first kappa shape index (κ1) is 17.8. The van der Waals surface area contributed by atoms with E-state index in [0.29, 0.717) is 0 Å². The van der Waals surface area contributed by atoms with Crippen LogP contribution in [0.1, 0.15) is 10.5 Å². The number of hydrogen-bond donors (Lipinski definition) is 3. The molecule has 2 aromatic carbocycles. The monoisotopic (exact) mass is 396 g/mol. The maximum atomic E-state index is 13.5. The van der Waals surface area contributed by atoms with Crippen LogP contribution in [0, 0.1) is 11.6 Å². The highest BCUT2D eigenvalue weighted by Crippen LogP contribution is 2.29. The highest BCUT2D eigenvalue weighted by Gasteiger charge is 2.31. The molecule has 0 saturated heterocycles. The van der Waals surface area contributed by atoms with E-state index in [4.69, 9.17) is 0 Å². The number of aromatic amines is 2. The summed E-state index contributed by atoms with van der Waals surface area (Å²) in [5.74, 6) is -3.28. The molecule has 0 fully saturated rings. The van der Waals surface area contributed by atoms with Gasteiger partial charge < -0.3 is 15.0 Å². The van der Waals surface area contributed by atoms with Gasteiger partial charge in [-0.2, -0.15) is 5.10 Å². The van der Waals surface area contributed by atoms with Crippen LogP contribution >= 0.6 is 0 Å². The lowest BCUT2D eigenvalue weighted by atomic mass is 10.2. The number of hydrogen-bond acceptors (Lipinski definition) is 3. The number of ether oxygens (including phenoxy) is 1. The number of alkyl halides is 3. The zero-order valence-corrected chi connectivity index (χ0v) is 13.6. The van der Waals surface area contributed by atoms with E-state index in [2.05, 4.69) is 25.2 Å². The lowest BCUT2D eigenvalue weighted by Crippen LogP contribution is -2.17. The number of H-pyrrole nitrogens is 2. The molecule has 0 bridgehead atoms. The van der Waals surface area contributed by atoms with E-state index in [0.717, 1.165) is 24.3 Å². The summed E-state index contributed by atoms with van der Waals surface area (Å²) in [5.41, 5.74) is 0.520.